The molecule has 1 aromatic rings. The van der Waals surface area contributed by atoms with Crippen molar-refractivity contribution in [1.29, 1.82) is 0 Å². The number of nitrogens with zero attached hydrogens (tertiary/aromatic N) is 1. The average molecular weight is 264 g/mol. The van der Waals surface area contributed by atoms with Crippen molar-refractivity contribution in [2.24, 2.45) is 5.92 Å². The monoisotopic (exact) mass is 264 g/mol. The Bertz CT molecular complexity index is 411. The number of hydrogen-bond acceptors (Lipinski definition) is 2. The van der Waals surface area contributed by atoms with Crippen LogP contribution in [0.25, 0.3) is 0 Å². The maximum Gasteiger partial charge on any atom is 0.130 e. The summed E-state index contributed by atoms with van der Waals surface area (Å²) in [5.41, 5.74) is 1.87. The molecular weight excluding hydrogens is 239 g/mol. The van der Waals surface area contributed by atoms with Gasteiger partial charge in [0.25, 0.3) is 0 Å². The third-order valence-corrected chi connectivity index (χ3v) is 4.43. The second-order valence-corrected chi connectivity index (χ2v) is 5.52. The molecule has 0 saturated carbocycles. The van der Waals surface area contributed by atoms with Gasteiger partial charge in [0.1, 0.15) is 5.82 Å². The van der Waals surface area contributed by atoms with Gasteiger partial charge in [-0.3, -0.25) is 0 Å². The van der Waals surface area contributed by atoms with Crippen molar-refractivity contribution in [3.8, 4) is 0 Å². The summed E-state index contributed by atoms with van der Waals surface area (Å²) in [5, 5.41) is 3.15. The Morgan fingerprint density at radius 3 is 2.63 bits per heavy atom. The summed E-state index contributed by atoms with van der Waals surface area (Å²) < 4.78 is 14.1. The molecule has 0 aromatic heterocycles. The van der Waals surface area contributed by atoms with Crippen LogP contribution in [0.3, 0.4) is 0 Å². The zero-order valence-corrected chi connectivity index (χ0v) is 12.2. The molecule has 1 atom stereocenters. The molecule has 1 aromatic carbocycles. The van der Waals surface area contributed by atoms with Crippen LogP contribution in [0.2, 0.25) is 0 Å². The Kier molecular flexibility index (Phi) is 4.81. The Morgan fingerprint density at radius 2 is 2.05 bits per heavy atom. The van der Waals surface area contributed by atoms with E-state index in [1.165, 1.54) is 19.3 Å². The van der Waals surface area contributed by atoms with Crippen molar-refractivity contribution in [2.45, 2.75) is 39.2 Å². The van der Waals surface area contributed by atoms with Gasteiger partial charge in [0.05, 0.1) is 0 Å². The molecule has 2 rings (SSSR count). The van der Waals surface area contributed by atoms with E-state index in [0.717, 1.165) is 30.3 Å². The van der Waals surface area contributed by atoms with Crippen molar-refractivity contribution in [2.75, 3.05) is 25.0 Å². The third-order valence-electron chi connectivity index (χ3n) is 4.43. The third kappa shape index (κ3) is 3.08. The number of nitrogens with one attached hydrogen (secondary N) is 1. The Morgan fingerprint density at radius 1 is 1.37 bits per heavy atom. The quantitative estimate of drug-likeness (QED) is 0.891. The molecule has 0 amide bonds. The summed E-state index contributed by atoms with van der Waals surface area (Å²) in [6, 6.07) is 5.48. The smallest absolute Gasteiger partial charge is 0.130 e. The summed E-state index contributed by atoms with van der Waals surface area (Å²) >= 11 is 0. The van der Waals surface area contributed by atoms with Gasteiger partial charge in [0.15, 0.2) is 0 Å². The second-order valence-electron chi connectivity index (χ2n) is 5.52. The van der Waals surface area contributed by atoms with Gasteiger partial charge >= 0.3 is 0 Å². The van der Waals surface area contributed by atoms with E-state index in [0.29, 0.717) is 0 Å². The van der Waals surface area contributed by atoms with E-state index in [9.17, 15) is 4.39 Å². The molecule has 0 radical (unpaired) electrons. The predicted molar refractivity (Wildman–Crippen MR) is 79.1 cm³/mol. The van der Waals surface area contributed by atoms with Crippen molar-refractivity contribution >= 4 is 5.69 Å². The van der Waals surface area contributed by atoms with Gasteiger partial charge < -0.3 is 10.2 Å². The highest BCUT2D eigenvalue weighted by molar-refractivity contribution is 5.55. The number of halogens is 1. The van der Waals surface area contributed by atoms with E-state index in [2.05, 4.69) is 23.2 Å². The first-order valence-corrected chi connectivity index (χ1v) is 7.38. The summed E-state index contributed by atoms with van der Waals surface area (Å²) in [5.74, 6) is 0.743. The first-order chi connectivity index (χ1) is 9.17. The summed E-state index contributed by atoms with van der Waals surface area (Å²) in [4.78, 5) is 2.35. The number of benzene rings is 1. The average Bonchev–Trinajstić information content (AvgIpc) is 2.46. The fraction of sp³-hybridized carbons (Fsp3) is 0.625. The lowest BCUT2D eigenvalue weighted by atomic mass is 9.93. The molecule has 3 heteroatoms. The van der Waals surface area contributed by atoms with E-state index < -0.39 is 0 Å². The minimum absolute atomic E-state index is 0.0418. The first-order valence-electron chi connectivity index (χ1n) is 7.38. The lowest BCUT2D eigenvalue weighted by Gasteiger charge is -2.35. The molecule has 1 unspecified atom stereocenters. The summed E-state index contributed by atoms with van der Waals surface area (Å²) in [6.07, 6.45) is 3.71. The van der Waals surface area contributed by atoms with Crippen LogP contribution in [0.15, 0.2) is 18.2 Å². The van der Waals surface area contributed by atoms with Crippen LogP contribution in [0, 0.1) is 11.7 Å². The molecule has 1 saturated heterocycles. The maximum atomic E-state index is 14.1. The van der Waals surface area contributed by atoms with Crippen LogP contribution in [0.4, 0.5) is 10.1 Å². The van der Waals surface area contributed by atoms with Gasteiger partial charge in [-0.15, -0.1) is 0 Å². The first kappa shape index (κ1) is 14.3. The number of anilines is 1. The van der Waals surface area contributed by atoms with Gasteiger partial charge in [0, 0.05) is 30.4 Å². The largest absolute Gasteiger partial charge is 0.371 e. The molecule has 1 aliphatic rings. The second kappa shape index (κ2) is 6.38. The predicted octanol–water partition coefficient (Wildman–Crippen LogP) is 3.73. The lowest BCUT2D eigenvalue weighted by molar-refractivity contribution is 0.393. The molecule has 106 valence electrons. The van der Waals surface area contributed by atoms with Crippen molar-refractivity contribution in [3.05, 3.63) is 29.6 Å². The van der Waals surface area contributed by atoms with Gasteiger partial charge in [-0.25, -0.2) is 4.39 Å². The number of rotatable bonds is 4. The van der Waals surface area contributed by atoms with Crippen LogP contribution in [-0.4, -0.2) is 20.1 Å². The highest BCUT2D eigenvalue weighted by Crippen LogP contribution is 2.32. The fourth-order valence-corrected chi connectivity index (χ4v) is 2.96. The van der Waals surface area contributed by atoms with E-state index in [1.54, 1.807) is 6.07 Å². The van der Waals surface area contributed by atoms with E-state index >= 15 is 0 Å². The SMILES string of the molecule is CCC1CCN(c2cccc(F)c2C(C)NC)CC1. The lowest BCUT2D eigenvalue weighted by Crippen LogP contribution is -2.35. The number of piperidine rings is 1. The van der Waals surface area contributed by atoms with Crippen LogP contribution in [0.5, 0.6) is 0 Å². The van der Waals surface area contributed by atoms with E-state index in [1.807, 2.05) is 20.0 Å². The van der Waals surface area contributed by atoms with Gasteiger partial charge in [0.2, 0.25) is 0 Å². The van der Waals surface area contributed by atoms with Gasteiger partial charge in [-0.05, 0) is 44.9 Å². The van der Waals surface area contributed by atoms with E-state index in [-0.39, 0.29) is 11.9 Å². The Hall–Kier alpha value is -1.09. The molecule has 1 N–H and O–H groups in total. The minimum Gasteiger partial charge on any atom is -0.371 e. The number of hydrogen-bond donors (Lipinski definition) is 1. The molecule has 0 bridgehead atoms. The molecule has 1 fully saturated rings. The summed E-state index contributed by atoms with van der Waals surface area (Å²) in [6.45, 7) is 6.37. The summed E-state index contributed by atoms with van der Waals surface area (Å²) in [7, 11) is 1.88. The molecular formula is C16H25FN2. The van der Waals surface area contributed by atoms with Crippen molar-refractivity contribution < 1.29 is 4.39 Å². The molecule has 1 aliphatic heterocycles. The zero-order valence-electron chi connectivity index (χ0n) is 12.2. The maximum absolute atomic E-state index is 14.1. The normalized spacial score (nSPS) is 18.6. The van der Waals surface area contributed by atoms with E-state index in [4.69, 9.17) is 0 Å². The van der Waals surface area contributed by atoms with Crippen molar-refractivity contribution in [3.63, 3.8) is 0 Å². The molecule has 1 heterocycles. The molecule has 0 aliphatic carbocycles. The standard InChI is InChI=1S/C16H25FN2/c1-4-13-8-10-19(11-9-13)15-7-5-6-14(17)16(15)12(2)18-3/h5-7,12-13,18H,4,8-11H2,1-3H3. The van der Waals surface area contributed by atoms with Gasteiger partial charge in [-0.1, -0.05) is 19.4 Å². The van der Waals surface area contributed by atoms with Crippen LogP contribution in [0.1, 0.15) is 44.7 Å². The fourth-order valence-electron chi connectivity index (χ4n) is 2.96. The topological polar surface area (TPSA) is 15.3 Å². The highest BCUT2D eigenvalue weighted by Gasteiger charge is 2.23. The minimum atomic E-state index is -0.100. The van der Waals surface area contributed by atoms with Gasteiger partial charge in [-0.2, -0.15) is 0 Å². The highest BCUT2D eigenvalue weighted by atomic mass is 19.1. The zero-order chi connectivity index (χ0) is 13.8. The van der Waals surface area contributed by atoms with Crippen LogP contribution >= 0.6 is 0 Å². The molecule has 2 nitrogen and oxygen atoms in total. The Balaban J connectivity index is 2.23. The van der Waals surface area contributed by atoms with Crippen molar-refractivity contribution in [1.82, 2.24) is 5.32 Å². The molecule has 19 heavy (non-hydrogen) atoms. The van der Waals surface area contributed by atoms with Crippen LogP contribution in [-0.2, 0) is 0 Å². The van der Waals surface area contributed by atoms with Crippen LogP contribution < -0.4 is 10.2 Å². The molecule has 0 spiro atoms. The Labute approximate surface area is 116 Å².